The van der Waals surface area contributed by atoms with Gasteiger partial charge in [-0.2, -0.15) is 13.2 Å². The number of alkyl halides is 3. The monoisotopic (exact) mass is 342 g/mol. The Morgan fingerprint density at radius 3 is 1.91 bits per heavy atom. The molecule has 1 amide bonds. The largest absolute Gasteiger partial charge is 0.398 e. The Kier molecular flexibility index (Phi) is 7.11. The third-order valence-electron chi connectivity index (χ3n) is 3.43. The molecule has 22 heavy (non-hydrogen) atoms. The summed E-state index contributed by atoms with van der Waals surface area (Å²) in [5.74, 6) is -3.07. The lowest BCUT2D eigenvalue weighted by atomic mass is 9.70. The van der Waals surface area contributed by atoms with Crippen LogP contribution in [0.4, 0.5) is 13.2 Å². The molecule has 0 aliphatic heterocycles. The van der Waals surface area contributed by atoms with Crippen LogP contribution in [0.2, 0.25) is 13.1 Å². The molecule has 8 heteroatoms. The molecule has 132 valence electrons. The van der Waals surface area contributed by atoms with Crippen molar-refractivity contribution in [2.45, 2.75) is 59.6 Å². The Balaban J connectivity index is 6.22. The standard InChI is InChI=1S/C14H29F3N2O2Si/c1-9(2)13(21-22(6)7,19-10(20)8-18)11(12(3,4)5)14(15,16)17/h9,11,22H,8,18H2,1-7H3,(H,19,20). The quantitative estimate of drug-likeness (QED) is 0.576. The Morgan fingerprint density at radius 2 is 1.68 bits per heavy atom. The molecular formula is C14H29F3N2O2Si. The fourth-order valence-electron chi connectivity index (χ4n) is 2.82. The first kappa shape index (κ1) is 21.4. The molecule has 0 aliphatic carbocycles. The van der Waals surface area contributed by atoms with Crippen molar-refractivity contribution >= 4 is 14.9 Å². The molecule has 0 radical (unpaired) electrons. The van der Waals surface area contributed by atoms with E-state index in [0.29, 0.717) is 0 Å². The summed E-state index contributed by atoms with van der Waals surface area (Å²) in [6.07, 6.45) is -4.52. The van der Waals surface area contributed by atoms with Crippen LogP contribution in [0.1, 0.15) is 34.6 Å². The Labute approximate surface area is 132 Å². The molecular weight excluding hydrogens is 313 g/mol. The Hall–Kier alpha value is -0.603. The molecule has 0 saturated heterocycles. The molecule has 0 aliphatic rings. The zero-order chi connectivity index (χ0) is 17.9. The number of carbonyl (C=O) groups excluding carboxylic acids is 1. The highest BCUT2D eigenvalue weighted by atomic mass is 28.3. The van der Waals surface area contributed by atoms with Crippen LogP contribution in [0.3, 0.4) is 0 Å². The van der Waals surface area contributed by atoms with Gasteiger partial charge in [-0.15, -0.1) is 0 Å². The van der Waals surface area contributed by atoms with Gasteiger partial charge in [0.2, 0.25) is 5.91 Å². The van der Waals surface area contributed by atoms with Gasteiger partial charge in [-0.1, -0.05) is 34.6 Å². The van der Waals surface area contributed by atoms with Crippen molar-refractivity contribution in [1.82, 2.24) is 5.32 Å². The van der Waals surface area contributed by atoms with E-state index < -0.39 is 44.1 Å². The average molecular weight is 342 g/mol. The van der Waals surface area contributed by atoms with Gasteiger partial charge in [-0.05, 0) is 18.5 Å². The first-order chi connectivity index (χ1) is 9.68. The second kappa shape index (κ2) is 7.31. The summed E-state index contributed by atoms with van der Waals surface area (Å²) in [4.78, 5) is 11.8. The number of halogens is 3. The van der Waals surface area contributed by atoms with Crippen molar-refractivity contribution in [2.75, 3.05) is 6.54 Å². The third-order valence-corrected chi connectivity index (χ3v) is 4.29. The molecule has 3 N–H and O–H groups in total. The van der Waals surface area contributed by atoms with Gasteiger partial charge in [-0.25, -0.2) is 0 Å². The van der Waals surface area contributed by atoms with Crippen molar-refractivity contribution in [2.24, 2.45) is 23.0 Å². The number of nitrogens with one attached hydrogen (secondary N) is 1. The average Bonchev–Trinajstić information content (AvgIpc) is 2.22. The summed E-state index contributed by atoms with van der Waals surface area (Å²) in [7, 11) is -1.88. The van der Waals surface area contributed by atoms with E-state index >= 15 is 0 Å². The minimum Gasteiger partial charge on any atom is -0.398 e. The van der Waals surface area contributed by atoms with E-state index in [2.05, 4.69) is 5.32 Å². The zero-order valence-corrected chi connectivity index (χ0v) is 15.6. The zero-order valence-electron chi connectivity index (χ0n) is 14.5. The molecule has 0 aromatic heterocycles. The van der Waals surface area contributed by atoms with E-state index in [1.807, 2.05) is 0 Å². The minimum atomic E-state index is -4.52. The lowest BCUT2D eigenvalue weighted by molar-refractivity contribution is -0.265. The van der Waals surface area contributed by atoms with Crippen LogP contribution in [0.25, 0.3) is 0 Å². The molecule has 0 fully saturated rings. The Bertz CT molecular complexity index is 367. The number of amides is 1. The van der Waals surface area contributed by atoms with E-state index in [9.17, 15) is 18.0 Å². The van der Waals surface area contributed by atoms with E-state index in [1.54, 1.807) is 26.9 Å². The van der Waals surface area contributed by atoms with E-state index in [4.69, 9.17) is 10.2 Å². The van der Waals surface area contributed by atoms with E-state index in [0.717, 1.165) is 0 Å². The van der Waals surface area contributed by atoms with Crippen LogP contribution in [-0.2, 0) is 9.22 Å². The van der Waals surface area contributed by atoms with Crippen LogP contribution in [0, 0.1) is 17.3 Å². The van der Waals surface area contributed by atoms with Gasteiger partial charge < -0.3 is 15.5 Å². The predicted octanol–water partition coefficient (Wildman–Crippen LogP) is 2.64. The third kappa shape index (κ3) is 5.24. The highest BCUT2D eigenvalue weighted by molar-refractivity contribution is 6.48. The number of nitrogens with two attached hydrogens (primary N) is 1. The molecule has 0 aromatic carbocycles. The topological polar surface area (TPSA) is 64.4 Å². The van der Waals surface area contributed by atoms with Crippen LogP contribution in [-0.4, -0.2) is 33.4 Å². The van der Waals surface area contributed by atoms with Gasteiger partial charge in [0.1, 0.15) is 11.6 Å². The summed E-state index contributed by atoms with van der Waals surface area (Å²) in [6.45, 7) is 10.9. The highest BCUT2D eigenvalue weighted by Crippen LogP contribution is 2.49. The van der Waals surface area contributed by atoms with Gasteiger partial charge in [0, 0.05) is 5.92 Å². The molecule has 0 bridgehead atoms. The number of hydrogen-bond donors (Lipinski definition) is 2. The maximum Gasteiger partial charge on any atom is 0.396 e. The number of carbonyl (C=O) groups is 1. The molecule has 0 saturated carbocycles. The maximum absolute atomic E-state index is 13.8. The van der Waals surface area contributed by atoms with Crippen molar-refractivity contribution in [1.29, 1.82) is 0 Å². The van der Waals surface area contributed by atoms with Crippen molar-refractivity contribution in [3.8, 4) is 0 Å². The number of rotatable bonds is 6. The molecule has 2 unspecified atom stereocenters. The minimum absolute atomic E-state index is 0.383. The van der Waals surface area contributed by atoms with Gasteiger partial charge in [0.25, 0.3) is 0 Å². The van der Waals surface area contributed by atoms with Crippen molar-refractivity contribution in [3.63, 3.8) is 0 Å². The SMILES string of the molecule is CC(C)C(NC(=O)CN)(O[SiH](C)C)C(C(C)(C)C)C(F)(F)F. The van der Waals surface area contributed by atoms with Crippen LogP contribution in [0.5, 0.6) is 0 Å². The molecule has 0 rings (SSSR count). The predicted molar refractivity (Wildman–Crippen MR) is 83.7 cm³/mol. The normalized spacial score (nSPS) is 17.5. The maximum atomic E-state index is 13.8. The van der Waals surface area contributed by atoms with E-state index in [1.165, 1.54) is 20.8 Å². The fourth-order valence-corrected chi connectivity index (χ4v) is 4.07. The second-order valence-corrected chi connectivity index (χ2v) is 9.54. The molecule has 0 aromatic rings. The number of hydrogen-bond acceptors (Lipinski definition) is 3. The van der Waals surface area contributed by atoms with Crippen LogP contribution >= 0.6 is 0 Å². The molecule has 0 heterocycles. The van der Waals surface area contributed by atoms with Crippen LogP contribution in [0.15, 0.2) is 0 Å². The van der Waals surface area contributed by atoms with Gasteiger partial charge in [-0.3, -0.25) is 4.79 Å². The first-order valence-corrected chi connectivity index (χ1v) is 10.2. The lowest BCUT2D eigenvalue weighted by Crippen LogP contribution is -2.67. The lowest BCUT2D eigenvalue weighted by Gasteiger charge is -2.50. The van der Waals surface area contributed by atoms with Crippen molar-refractivity contribution in [3.05, 3.63) is 0 Å². The molecule has 2 atom stereocenters. The summed E-state index contributed by atoms with van der Waals surface area (Å²) in [6, 6.07) is 0. The van der Waals surface area contributed by atoms with Gasteiger partial charge in [0.05, 0.1) is 6.54 Å². The Morgan fingerprint density at radius 1 is 1.23 bits per heavy atom. The van der Waals surface area contributed by atoms with Gasteiger partial charge in [0.15, 0.2) is 9.04 Å². The fraction of sp³-hybridized carbons (Fsp3) is 0.929. The molecule has 4 nitrogen and oxygen atoms in total. The highest BCUT2D eigenvalue weighted by Gasteiger charge is 2.61. The second-order valence-electron chi connectivity index (χ2n) is 7.21. The summed E-state index contributed by atoms with van der Waals surface area (Å²) < 4.78 is 47.3. The molecule has 0 spiro atoms. The van der Waals surface area contributed by atoms with Crippen molar-refractivity contribution < 1.29 is 22.4 Å². The van der Waals surface area contributed by atoms with Gasteiger partial charge >= 0.3 is 6.18 Å². The van der Waals surface area contributed by atoms with E-state index in [-0.39, 0.29) is 6.54 Å². The summed E-state index contributed by atoms with van der Waals surface area (Å²) in [5, 5.41) is 2.45. The van der Waals surface area contributed by atoms with Crippen LogP contribution < -0.4 is 11.1 Å². The summed E-state index contributed by atoms with van der Waals surface area (Å²) >= 11 is 0. The smallest absolute Gasteiger partial charge is 0.396 e. The summed E-state index contributed by atoms with van der Waals surface area (Å²) in [5.41, 5.74) is 2.33. The first-order valence-electron chi connectivity index (χ1n) is 7.44.